The second-order valence-corrected chi connectivity index (χ2v) is 7.47. The van der Waals surface area contributed by atoms with Crippen LogP contribution in [0.1, 0.15) is 85.5 Å². The Bertz CT molecular complexity index is 373. The SMILES string of the molecule is CCCC(CC)OCCCC(=O)NC1CCC(C(=O)C(C)C)CC1. The van der Waals surface area contributed by atoms with Crippen LogP contribution in [0.3, 0.4) is 0 Å². The van der Waals surface area contributed by atoms with Gasteiger partial charge >= 0.3 is 0 Å². The molecule has 0 radical (unpaired) electrons. The Hall–Kier alpha value is -0.900. The Labute approximate surface area is 148 Å². The molecule has 1 amide bonds. The van der Waals surface area contributed by atoms with Crippen LogP contribution < -0.4 is 5.32 Å². The minimum Gasteiger partial charge on any atom is -0.378 e. The number of carbonyl (C=O) groups excluding carboxylic acids is 2. The third-order valence-electron chi connectivity index (χ3n) is 5.03. The van der Waals surface area contributed by atoms with Crippen LogP contribution in [-0.2, 0) is 14.3 Å². The molecule has 1 aliphatic rings. The minimum absolute atomic E-state index is 0.126. The van der Waals surface area contributed by atoms with E-state index in [1.54, 1.807) is 0 Å². The Morgan fingerprint density at radius 2 is 1.79 bits per heavy atom. The first-order chi connectivity index (χ1) is 11.5. The molecule has 1 saturated carbocycles. The summed E-state index contributed by atoms with van der Waals surface area (Å²) in [7, 11) is 0. The molecular formula is C20H37NO3. The summed E-state index contributed by atoms with van der Waals surface area (Å²) in [6.07, 6.45) is 8.63. The zero-order chi connectivity index (χ0) is 17.9. The third kappa shape index (κ3) is 7.78. The lowest BCUT2D eigenvalue weighted by molar-refractivity contribution is -0.127. The van der Waals surface area contributed by atoms with Crippen LogP contribution in [0.4, 0.5) is 0 Å². The summed E-state index contributed by atoms with van der Waals surface area (Å²) in [5, 5.41) is 3.13. The van der Waals surface area contributed by atoms with Crippen LogP contribution in [0.2, 0.25) is 0 Å². The first-order valence-corrected chi connectivity index (χ1v) is 9.92. The fraction of sp³-hybridized carbons (Fsp3) is 0.900. The van der Waals surface area contributed by atoms with E-state index >= 15 is 0 Å². The fourth-order valence-electron chi connectivity index (χ4n) is 3.50. The second kappa shape index (κ2) is 11.6. The molecule has 4 heteroatoms. The van der Waals surface area contributed by atoms with Crippen LogP contribution in [0, 0.1) is 11.8 Å². The summed E-state index contributed by atoms with van der Waals surface area (Å²) in [5.41, 5.74) is 0. The summed E-state index contributed by atoms with van der Waals surface area (Å²) in [6, 6.07) is 0.248. The Balaban J connectivity index is 2.15. The first kappa shape index (κ1) is 21.1. The van der Waals surface area contributed by atoms with Gasteiger partial charge in [0.1, 0.15) is 5.78 Å². The molecule has 0 aromatic rings. The predicted octanol–water partition coefficient (Wildman–Crippen LogP) is 4.26. The van der Waals surface area contributed by atoms with E-state index in [1.807, 2.05) is 13.8 Å². The largest absolute Gasteiger partial charge is 0.378 e. The van der Waals surface area contributed by atoms with Gasteiger partial charge in [0.05, 0.1) is 6.10 Å². The number of nitrogens with one attached hydrogen (secondary N) is 1. The number of carbonyl (C=O) groups is 2. The van der Waals surface area contributed by atoms with Gasteiger partial charge in [-0.3, -0.25) is 9.59 Å². The minimum atomic E-state index is 0.126. The van der Waals surface area contributed by atoms with Gasteiger partial charge in [-0.1, -0.05) is 34.1 Å². The van der Waals surface area contributed by atoms with Crippen molar-refractivity contribution in [1.82, 2.24) is 5.32 Å². The molecule has 1 unspecified atom stereocenters. The number of amides is 1. The molecule has 0 spiro atoms. The zero-order valence-corrected chi connectivity index (χ0v) is 16.1. The number of hydrogen-bond donors (Lipinski definition) is 1. The summed E-state index contributed by atoms with van der Waals surface area (Å²) in [6.45, 7) is 8.93. The molecule has 1 N–H and O–H groups in total. The van der Waals surface area contributed by atoms with Gasteiger partial charge in [-0.25, -0.2) is 0 Å². The van der Waals surface area contributed by atoms with Gasteiger partial charge in [-0.15, -0.1) is 0 Å². The van der Waals surface area contributed by atoms with E-state index in [9.17, 15) is 9.59 Å². The molecule has 0 aliphatic heterocycles. The summed E-state index contributed by atoms with van der Waals surface area (Å²) in [5.74, 6) is 0.840. The van der Waals surface area contributed by atoms with E-state index in [2.05, 4.69) is 19.2 Å². The molecule has 0 saturated heterocycles. The lowest BCUT2D eigenvalue weighted by Gasteiger charge is -2.29. The summed E-state index contributed by atoms with van der Waals surface area (Å²) in [4.78, 5) is 24.1. The maximum absolute atomic E-state index is 12.0. The molecule has 1 aliphatic carbocycles. The van der Waals surface area contributed by atoms with E-state index in [0.717, 1.165) is 51.4 Å². The number of ether oxygens (including phenoxy) is 1. The first-order valence-electron chi connectivity index (χ1n) is 9.92. The van der Waals surface area contributed by atoms with Crippen LogP contribution in [-0.4, -0.2) is 30.4 Å². The van der Waals surface area contributed by atoms with Gasteiger partial charge in [0, 0.05) is 30.9 Å². The van der Waals surface area contributed by atoms with E-state index in [1.165, 1.54) is 0 Å². The van der Waals surface area contributed by atoms with Crippen LogP contribution in [0.5, 0.6) is 0 Å². The van der Waals surface area contributed by atoms with Gasteiger partial charge in [0.2, 0.25) is 5.91 Å². The molecule has 140 valence electrons. The molecule has 4 nitrogen and oxygen atoms in total. The molecule has 0 bridgehead atoms. The predicted molar refractivity (Wildman–Crippen MR) is 97.9 cm³/mol. The van der Waals surface area contributed by atoms with Crippen molar-refractivity contribution in [2.75, 3.05) is 6.61 Å². The smallest absolute Gasteiger partial charge is 0.220 e. The van der Waals surface area contributed by atoms with Crippen molar-refractivity contribution in [3.63, 3.8) is 0 Å². The fourth-order valence-corrected chi connectivity index (χ4v) is 3.50. The lowest BCUT2D eigenvalue weighted by Crippen LogP contribution is -2.39. The normalized spacial score (nSPS) is 22.4. The topological polar surface area (TPSA) is 55.4 Å². The highest BCUT2D eigenvalue weighted by molar-refractivity contribution is 5.83. The van der Waals surface area contributed by atoms with Crippen molar-refractivity contribution in [1.29, 1.82) is 0 Å². The monoisotopic (exact) mass is 339 g/mol. The molecule has 0 aromatic carbocycles. The summed E-state index contributed by atoms with van der Waals surface area (Å²) >= 11 is 0. The van der Waals surface area contributed by atoms with Gasteiger partial charge in [-0.05, 0) is 44.9 Å². The van der Waals surface area contributed by atoms with E-state index in [4.69, 9.17) is 4.74 Å². The third-order valence-corrected chi connectivity index (χ3v) is 5.03. The lowest BCUT2D eigenvalue weighted by atomic mass is 9.80. The standard InChI is InChI=1S/C20H37NO3/c1-5-8-18(6-2)24-14-7-9-19(22)21-17-12-10-16(11-13-17)20(23)15(3)4/h15-18H,5-14H2,1-4H3,(H,21,22). The van der Waals surface area contributed by atoms with Crippen LogP contribution in [0.15, 0.2) is 0 Å². The average molecular weight is 340 g/mol. The van der Waals surface area contributed by atoms with E-state index in [-0.39, 0.29) is 23.8 Å². The Kier molecular flexibility index (Phi) is 10.2. The van der Waals surface area contributed by atoms with Gasteiger partial charge in [-0.2, -0.15) is 0 Å². The summed E-state index contributed by atoms with van der Waals surface area (Å²) < 4.78 is 5.82. The van der Waals surface area contributed by atoms with Crippen molar-refractivity contribution in [3.8, 4) is 0 Å². The van der Waals surface area contributed by atoms with Gasteiger partial charge in [0.15, 0.2) is 0 Å². The molecular weight excluding hydrogens is 302 g/mol. The number of rotatable bonds is 11. The highest BCUT2D eigenvalue weighted by atomic mass is 16.5. The number of ketones is 1. The Morgan fingerprint density at radius 3 is 2.33 bits per heavy atom. The van der Waals surface area contributed by atoms with Crippen molar-refractivity contribution in [2.45, 2.75) is 97.6 Å². The van der Waals surface area contributed by atoms with Crippen molar-refractivity contribution in [3.05, 3.63) is 0 Å². The molecule has 1 fully saturated rings. The number of hydrogen-bond acceptors (Lipinski definition) is 3. The molecule has 1 atom stereocenters. The quantitative estimate of drug-likeness (QED) is 0.572. The van der Waals surface area contributed by atoms with E-state index in [0.29, 0.717) is 24.9 Å². The van der Waals surface area contributed by atoms with Crippen LogP contribution in [0.25, 0.3) is 0 Å². The molecule has 1 rings (SSSR count). The van der Waals surface area contributed by atoms with Crippen molar-refractivity contribution >= 4 is 11.7 Å². The second-order valence-electron chi connectivity index (χ2n) is 7.47. The maximum Gasteiger partial charge on any atom is 0.220 e. The average Bonchev–Trinajstić information content (AvgIpc) is 2.57. The van der Waals surface area contributed by atoms with Gasteiger partial charge < -0.3 is 10.1 Å². The Morgan fingerprint density at radius 1 is 1.12 bits per heavy atom. The zero-order valence-electron chi connectivity index (χ0n) is 16.1. The molecule has 0 aromatic heterocycles. The van der Waals surface area contributed by atoms with Crippen molar-refractivity contribution < 1.29 is 14.3 Å². The maximum atomic E-state index is 12.0. The van der Waals surface area contributed by atoms with Gasteiger partial charge in [0.25, 0.3) is 0 Å². The number of Topliss-reactive ketones (excluding diaryl/α,β-unsaturated/α-hetero) is 1. The van der Waals surface area contributed by atoms with E-state index < -0.39 is 0 Å². The van der Waals surface area contributed by atoms with Crippen LogP contribution >= 0.6 is 0 Å². The highest BCUT2D eigenvalue weighted by Gasteiger charge is 2.28. The molecule has 0 heterocycles. The highest BCUT2D eigenvalue weighted by Crippen LogP contribution is 2.27. The van der Waals surface area contributed by atoms with Crippen molar-refractivity contribution in [2.24, 2.45) is 11.8 Å². The molecule has 24 heavy (non-hydrogen) atoms.